The van der Waals surface area contributed by atoms with E-state index in [2.05, 4.69) is 0 Å². The smallest absolute Gasteiger partial charge is 0.166 e. The maximum Gasteiger partial charge on any atom is 0.166 e. The summed E-state index contributed by atoms with van der Waals surface area (Å²) >= 11 is 11.8. The molecule has 0 aliphatic heterocycles. The van der Waals surface area contributed by atoms with E-state index < -0.39 is 6.10 Å². The Balaban J connectivity index is 3.00. The third-order valence-corrected chi connectivity index (χ3v) is 2.75. The maximum absolute atomic E-state index is 11.9. The van der Waals surface area contributed by atoms with Gasteiger partial charge in [-0.2, -0.15) is 0 Å². The Morgan fingerprint density at radius 2 is 1.82 bits per heavy atom. The molecule has 1 unspecified atom stereocenters. The van der Waals surface area contributed by atoms with Crippen LogP contribution >= 0.6 is 23.2 Å². The summed E-state index contributed by atoms with van der Waals surface area (Å²) in [6, 6.07) is 5.09. The van der Waals surface area contributed by atoms with Crippen LogP contribution in [-0.2, 0) is 9.53 Å². The number of halogens is 2. The zero-order valence-corrected chi connectivity index (χ0v) is 11.5. The fraction of sp³-hybridized carbons (Fsp3) is 0.462. The molecule has 0 aromatic heterocycles. The summed E-state index contributed by atoms with van der Waals surface area (Å²) in [6.45, 7) is 4.30. The number of carbonyl (C=O) groups is 1. The van der Waals surface area contributed by atoms with Crippen molar-refractivity contribution in [3.8, 4) is 0 Å². The summed E-state index contributed by atoms with van der Waals surface area (Å²) in [5, 5.41) is 1.03. The number of hydrogen-bond acceptors (Lipinski definition) is 2. The lowest BCUT2D eigenvalue weighted by atomic mass is 10.0. The normalized spacial score (nSPS) is 12.5. The molecule has 0 aliphatic carbocycles. The number of Topliss-reactive ketones (excluding diaryl/α,β-unsaturated/α-hetero) is 1. The predicted molar refractivity (Wildman–Crippen MR) is 70.7 cm³/mol. The molecule has 0 spiro atoms. The summed E-state index contributed by atoms with van der Waals surface area (Å²) in [5.74, 6) is 0.0627. The zero-order valence-electron chi connectivity index (χ0n) is 10.0. The van der Waals surface area contributed by atoms with Crippen molar-refractivity contribution in [3.05, 3.63) is 33.8 Å². The number of hydrogen-bond donors (Lipinski definition) is 0. The third kappa shape index (κ3) is 4.30. The van der Waals surface area contributed by atoms with Crippen molar-refractivity contribution >= 4 is 29.0 Å². The van der Waals surface area contributed by atoms with Crippen LogP contribution in [0.5, 0.6) is 0 Å². The van der Waals surface area contributed by atoms with E-state index in [1.165, 1.54) is 0 Å². The van der Waals surface area contributed by atoms with E-state index in [4.69, 9.17) is 27.9 Å². The first-order chi connectivity index (χ1) is 8.08. The quantitative estimate of drug-likeness (QED) is 0.767. The lowest BCUT2D eigenvalue weighted by Gasteiger charge is -2.16. The van der Waals surface area contributed by atoms with Gasteiger partial charge in [0.25, 0.3) is 0 Å². The van der Waals surface area contributed by atoms with Gasteiger partial charge in [-0.05, 0) is 37.1 Å². The highest BCUT2D eigenvalue weighted by molar-refractivity contribution is 6.34. The summed E-state index contributed by atoms with van der Waals surface area (Å²) in [6.07, 6.45) is 0.738. The molecule has 0 saturated carbocycles. The Hall–Kier alpha value is -0.570. The molecule has 0 saturated heterocycles. The van der Waals surface area contributed by atoms with E-state index >= 15 is 0 Å². The lowest BCUT2D eigenvalue weighted by Crippen LogP contribution is -2.16. The number of rotatable bonds is 6. The van der Waals surface area contributed by atoms with E-state index in [0.29, 0.717) is 23.1 Å². The first kappa shape index (κ1) is 14.5. The minimum absolute atomic E-state index is 0.0627. The van der Waals surface area contributed by atoms with Crippen LogP contribution in [0.3, 0.4) is 0 Å². The van der Waals surface area contributed by atoms with Crippen LogP contribution < -0.4 is 0 Å². The highest BCUT2D eigenvalue weighted by atomic mass is 35.5. The van der Waals surface area contributed by atoms with Crippen molar-refractivity contribution < 1.29 is 9.53 Å². The summed E-state index contributed by atoms with van der Waals surface area (Å²) in [5.41, 5.74) is 0.725. The molecule has 1 aromatic rings. The average molecular weight is 275 g/mol. The Morgan fingerprint density at radius 3 is 2.29 bits per heavy atom. The molecule has 0 heterocycles. The lowest BCUT2D eigenvalue weighted by molar-refractivity contribution is -0.130. The fourth-order valence-electron chi connectivity index (χ4n) is 1.65. The predicted octanol–water partition coefficient (Wildman–Crippen LogP) is 4.44. The van der Waals surface area contributed by atoms with Crippen LogP contribution in [0.2, 0.25) is 10.0 Å². The standard InChI is InChI=1S/C13H16Cl2O2/c1-3-5-12(16)13(17-4-2)9-6-10(14)8-11(15)7-9/h6-8,13H,3-5H2,1-2H3. The first-order valence-corrected chi connectivity index (χ1v) is 6.44. The molecule has 0 bridgehead atoms. The van der Waals surface area contributed by atoms with E-state index in [1.807, 2.05) is 13.8 Å². The van der Waals surface area contributed by atoms with Gasteiger partial charge in [0, 0.05) is 23.1 Å². The van der Waals surface area contributed by atoms with Crippen molar-refractivity contribution in [2.24, 2.45) is 0 Å². The Morgan fingerprint density at radius 1 is 1.24 bits per heavy atom. The SMILES string of the molecule is CCCC(=O)C(OCC)c1cc(Cl)cc(Cl)c1. The van der Waals surface area contributed by atoms with Crippen molar-refractivity contribution in [1.29, 1.82) is 0 Å². The van der Waals surface area contributed by atoms with Crippen molar-refractivity contribution in [2.75, 3.05) is 6.61 Å². The van der Waals surface area contributed by atoms with Crippen molar-refractivity contribution in [1.82, 2.24) is 0 Å². The minimum atomic E-state index is -0.559. The molecule has 4 heteroatoms. The molecule has 17 heavy (non-hydrogen) atoms. The van der Waals surface area contributed by atoms with Gasteiger partial charge < -0.3 is 4.74 Å². The van der Waals surface area contributed by atoms with Gasteiger partial charge in [0.1, 0.15) is 6.10 Å². The largest absolute Gasteiger partial charge is 0.366 e. The molecule has 0 amide bonds. The van der Waals surface area contributed by atoms with Crippen LogP contribution in [0, 0.1) is 0 Å². The molecule has 2 nitrogen and oxygen atoms in total. The van der Waals surface area contributed by atoms with Crippen molar-refractivity contribution in [3.63, 3.8) is 0 Å². The molecule has 0 N–H and O–H groups in total. The second-order valence-corrected chi connectivity index (χ2v) is 4.63. The number of carbonyl (C=O) groups excluding carboxylic acids is 1. The van der Waals surface area contributed by atoms with Gasteiger partial charge >= 0.3 is 0 Å². The minimum Gasteiger partial charge on any atom is -0.366 e. The molecule has 1 rings (SSSR count). The Bertz CT molecular complexity index is 371. The molecule has 1 aromatic carbocycles. The average Bonchev–Trinajstić information content (AvgIpc) is 2.24. The summed E-state index contributed by atoms with van der Waals surface area (Å²) in [7, 11) is 0. The molecular formula is C13H16Cl2O2. The van der Waals surface area contributed by atoms with E-state index in [1.54, 1.807) is 18.2 Å². The van der Waals surface area contributed by atoms with Gasteiger partial charge in [-0.1, -0.05) is 30.1 Å². The third-order valence-electron chi connectivity index (χ3n) is 2.31. The first-order valence-electron chi connectivity index (χ1n) is 5.68. The number of ketones is 1. The second kappa shape index (κ2) is 7.00. The van der Waals surface area contributed by atoms with Crippen LogP contribution in [0.25, 0.3) is 0 Å². The molecule has 0 radical (unpaired) electrons. The van der Waals surface area contributed by atoms with Gasteiger partial charge in [-0.25, -0.2) is 0 Å². The Kier molecular flexibility index (Phi) is 5.96. The second-order valence-electron chi connectivity index (χ2n) is 3.75. The molecular weight excluding hydrogens is 259 g/mol. The Labute approximate surface area is 112 Å². The molecule has 0 fully saturated rings. The van der Waals surface area contributed by atoms with Gasteiger partial charge in [0.15, 0.2) is 5.78 Å². The van der Waals surface area contributed by atoms with Crippen LogP contribution in [0.15, 0.2) is 18.2 Å². The van der Waals surface area contributed by atoms with Crippen LogP contribution in [-0.4, -0.2) is 12.4 Å². The van der Waals surface area contributed by atoms with Crippen molar-refractivity contribution in [2.45, 2.75) is 32.8 Å². The number of benzene rings is 1. The van der Waals surface area contributed by atoms with E-state index in [9.17, 15) is 4.79 Å². The van der Waals surface area contributed by atoms with E-state index in [0.717, 1.165) is 12.0 Å². The topological polar surface area (TPSA) is 26.3 Å². The van der Waals surface area contributed by atoms with E-state index in [-0.39, 0.29) is 5.78 Å². The fourth-order valence-corrected chi connectivity index (χ4v) is 2.19. The van der Waals surface area contributed by atoms with Gasteiger partial charge in [0.05, 0.1) is 0 Å². The van der Waals surface area contributed by atoms with Gasteiger partial charge in [-0.3, -0.25) is 4.79 Å². The van der Waals surface area contributed by atoms with Gasteiger partial charge in [0.2, 0.25) is 0 Å². The molecule has 1 atom stereocenters. The summed E-state index contributed by atoms with van der Waals surface area (Å²) in [4.78, 5) is 11.9. The monoisotopic (exact) mass is 274 g/mol. The summed E-state index contributed by atoms with van der Waals surface area (Å²) < 4.78 is 5.49. The maximum atomic E-state index is 11.9. The van der Waals surface area contributed by atoms with Crippen LogP contribution in [0.1, 0.15) is 38.4 Å². The number of ether oxygens (including phenoxy) is 1. The molecule has 0 aliphatic rings. The highest BCUT2D eigenvalue weighted by Crippen LogP contribution is 2.27. The van der Waals surface area contributed by atoms with Crippen LogP contribution in [0.4, 0.5) is 0 Å². The highest BCUT2D eigenvalue weighted by Gasteiger charge is 2.20. The molecule has 94 valence electrons. The zero-order chi connectivity index (χ0) is 12.8. The van der Waals surface area contributed by atoms with Gasteiger partial charge in [-0.15, -0.1) is 0 Å².